The second-order valence-electron chi connectivity index (χ2n) is 3.76. The number of amides is 1. The molecule has 0 bridgehead atoms. The van der Waals surface area contributed by atoms with Gasteiger partial charge in [-0.25, -0.2) is 14.3 Å². The van der Waals surface area contributed by atoms with E-state index in [4.69, 9.17) is 5.11 Å². The van der Waals surface area contributed by atoms with Gasteiger partial charge in [0.25, 0.3) is 11.5 Å². The molecule has 1 aromatic heterocycles. The van der Waals surface area contributed by atoms with Gasteiger partial charge in [0, 0.05) is 11.8 Å². The van der Waals surface area contributed by atoms with Crippen molar-refractivity contribution in [1.82, 2.24) is 10.2 Å². The molecule has 0 aliphatic rings. The largest absolute Gasteiger partial charge is 0.478 e. The number of aromatic nitrogens is 2. The van der Waals surface area contributed by atoms with E-state index in [0.717, 1.165) is 18.2 Å². The third kappa shape index (κ3) is 2.86. The first-order valence-electron chi connectivity index (χ1n) is 5.37. The maximum Gasteiger partial charge on any atom is 0.338 e. The Bertz CT molecular complexity index is 721. The van der Waals surface area contributed by atoms with Crippen molar-refractivity contribution in [2.24, 2.45) is 0 Å². The molecule has 0 saturated heterocycles. The molecule has 0 aliphatic heterocycles. The molecule has 0 aliphatic carbocycles. The minimum absolute atomic E-state index is 0.0641. The van der Waals surface area contributed by atoms with Crippen molar-refractivity contribution in [2.75, 3.05) is 5.32 Å². The molecule has 2 aromatic rings. The number of aromatic carboxylic acids is 1. The van der Waals surface area contributed by atoms with E-state index in [1.807, 2.05) is 0 Å². The van der Waals surface area contributed by atoms with Crippen LogP contribution in [0, 0.1) is 5.82 Å². The summed E-state index contributed by atoms with van der Waals surface area (Å²) >= 11 is 0. The second kappa shape index (κ2) is 5.31. The van der Waals surface area contributed by atoms with E-state index in [9.17, 15) is 18.8 Å². The number of anilines is 1. The highest BCUT2D eigenvalue weighted by molar-refractivity contribution is 6.03. The molecule has 1 aromatic carbocycles. The van der Waals surface area contributed by atoms with Gasteiger partial charge in [-0.05, 0) is 24.3 Å². The van der Waals surface area contributed by atoms with Crippen LogP contribution in [0.2, 0.25) is 0 Å². The fourth-order valence-corrected chi connectivity index (χ4v) is 1.43. The summed E-state index contributed by atoms with van der Waals surface area (Å²) < 4.78 is 13.2. The molecule has 3 N–H and O–H groups in total. The summed E-state index contributed by atoms with van der Waals surface area (Å²) in [5.41, 5.74) is -0.985. The summed E-state index contributed by atoms with van der Waals surface area (Å²) in [6, 6.07) is 5.46. The Morgan fingerprint density at radius 1 is 1.25 bits per heavy atom. The van der Waals surface area contributed by atoms with E-state index >= 15 is 0 Å². The van der Waals surface area contributed by atoms with E-state index in [0.29, 0.717) is 0 Å². The molecule has 7 nitrogen and oxygen atoms in total. The number of benzene rings is 1. The van der Waals surface area contributed by atoms with Crippen LogP contribution < -0.4 is 10.9 Å². The highest BCUT2D eigenvalue weighted by Crippen LogP contribution is 2.15. The van der Waals surface area contributed by atoms with Crippen LogP contribution in [0.5, 0.6) is 0 Å². The Morgan fingerprint density at radius 2 is 2.00 bits per heavy atom. The van der Waals surface area contributed by atoms with Crippen molar-refractivity contribution >= 4 is 17.6 Å². The van der Waals surface area contributed by atoms with Gasteiger partial charge >= 0.3 is 5.97 Å². The molecule has 2 rings (SSSR count). The Hall–Kier alpha value is -3.03. The van der Waals surface area contributed by atoms with Crippen LogP contribution in [-0.4, -0.2) is 27.2 Å². The number of carboxylic acids is 1. The first-order valence-corrected chi connectivity index (χ1v) is 5.37. The third-order valence-corrected chi connectivity index (χ3v) is 2.37. The molecule has 1 heterocycles. The van der Waals surface area contributed by atoms with Crippen molar-refractivity contribution in [3.05, 3.63) is 57.8 Å². The molecule has 0 radical (unpaired) electrons. The molecule has 20 heavy (non-hydrogen) atoms. The zero-order valence-electron chi connectivity index (χ0n) is 9.88. The first kappa shape index (κ1) is 13.4. The minimum atomic E-state index is -1.44. The molecule has 1 amide bonds. The van der Waals surface area contributed by atoms with E-state index < -0.39 is 28.8 Å². The number of carbonyl (C=O) groups is 2. The predicted octanol–water partition coefficient (Wildman–Crippen LogP) is 0.859. The highest BCUT2D eigenvalue weighted by atomic mass is 19.1. The maximum absolute atomic E-state index is 13.2. The zero-order chi connectivity index (χ0) is 14.7. The summed E-state index contributed by atoms with van der Waals surface area (Å²) in [5, 5.41) is 16.7. The average Bonchev–Trinajstić information content (AvgIpc) is 2.41. The SMILES string of the molecule is O=C(Nc1ccc(F)c(C(=O)O)c1)c1ccc(=O)[nH]n1. The van der Waals surface area contributed by atoms with Gasteiger partial charge in [-0.3, -0.25) is 9.59 Å². The van der Waals surface area contributed by atoms with Crippen molar-refractivity contribution in [3.63, 3.8) is 0 Å². The smallest absolute Gasteiger partial charge is 0.338 e. The number of hydrogen-bond donors (Lipinski definition) is 3. The van der Waals surface area contributed by atoms with Crippen molar-refractivity contribution in [2.45, 2.75) is 0 Å². The Balaban J connectivity index is 2.24. The summed E-state index contributed by atoms with van der Waals surface area (Å²) in [4.78, 5) is 33.3. The fraction of sp³-hybridized carbons (Fsp3) is 0. The Labute approximate surface area is 111 Å². The van der Waals surface area contributed by atoms with Gasteiger partial charge in [-0.15, -0.1) is 0 Å². The van der Waals surface area contributed by atoms with Crippen LogP contribution in [0.15, 0.2) is 35.1 Å². The highest BCUT2D eigenvalue weighted by Gasteiger charge is 2.13. The lowest BCUT2D eigenvalue weighted by atomic mass is 10.2. The number of carboxylic acid groups (broad SMARTS) is 1. The predicted molar refractivity (Wildman–Crippen MR) is 66.2 cm³/mol. The van der Waals surface area contributed by atoms with E-state index in [-0.39, 0.29) is 11.4 Å². The number of aromatic amines is 1. The van der Waals surface area contributed by atoms with Crippen LogP contribution in [-0.2, 0) is 0 Å². The van der Waals surface area contributed by atoms with Gasteiger partial charge in [-0.2, -0.15) is 5.10 Å². The average molecular weight is 277 g/mol. The van der Waals surface area contributed by atoms with Gasteiger partial charge in [-0.1, -0.05) is 0 Å². The Kier molecular flexibility index (Phi) is 3.56. The lowest BCUT2D eigenvalue weighted by molar-refractivity contribution is 0.0691. The number of H-pyrrole nitrogens is 1. The minimum Gasteiger partial charge on any atom is -0.478 e. The molecule has 0 fully saturated rings. The molecule has 8 heteroatoms. The first-order chi connectivity index (χ1) is 9.47. The third-order valence-electron chi connectivity index (χ3n) is 2.37. The quantitative estimate of drug-likeness (QED) is 0.770. The van der Waals surface area contributed by atoms with Gasteiger partial charge in [0.2, 0.25) is 0 Å². The topological polar surface area (TPSA) is 112 Å². The van der Waals surface area contributed by atoms with Crippen LogP contribution in [0.4, 0.5) is 10.1 Å². The van der Waals surface area contributed by atoms with Gasteiger partial charge in [0.05, 0.1) is 5.56 Å². The van der Waals surface area contributed by atoms with Gasteiger partial charge < -0.3 is 10.4 Å². The molecule has 0 saturated carbocycles. The molecule has 0 spiro atoms. The zero-order valence-corrected chi connectivity index (χ0v) is 9.88. The lowest BCUT2D eigenvalue weighted by Crippen LogP contribution is -2.17. The van der Waals surface area contributed by atoms with Gasteiger partial charge in [0.1, 0.15) is 11.5 Å². The molecular formula is C12H8FN3O4. The van der Waals surface area contributed by atoms with Gasteiger partial charge in [0.15, 0.2) is 0 Å². The number of hydrogen-bond acceptors (Lipinski definition) is 4. The van der Waals surface area contributed by atoms with Crippen LogP contribution in [0.25, 0.3) is 0 Å². The molecule has 102 valence electrons. The summed E-state index contributed by atoms with van der Waals surface area (Å²) in [5.74, 6) is -3.01. The number of nitrogens with zero attached hydrogens (tertiary/aromatic N) is 1. The number of carbonyl (C=O) groups excluding carboxylic acids is 1. The molecule has 0 unspecified atom stereocenters. The Morgan fingerprint density at radius 3 is 2.60 bits per heavy atom. The van der Waals surface area contributed by atoms with Crippen molar-refractivity contribution in [1.29, 1.82) is 0 Å². The lowest BCUT2D eigenvalue weighted by Gasteiger charge is -2.05. The standard InChI is InChI=1S/C12H8FN3O4/c13-8-2-1-6(5-7(8)12(19)20)14-11(18)9-3-4-10(17)16-15-9/h1-5H,(H,14,18)(H,16,17)(H,19,20). The number of nitrogens with one attached hydrogen (secondary N) is 2. The second-order valence-corrected chi connectivity index (χ2v) is 3.76. The van der Waals surface area contributed by atoms with Crippen molar-refractivity contribution in [3.8, 4) is 0 Å². The summed E-state index contributed by atoms with van der Waals surface area (Å²) in [6.07, 6.45) is 0. The summed E-state index contributed by atoms with van der Waals surface area (Å²) in [7, 11) is 0. The maximum atomic E-state index is 13.2. The van der Waals surface area contributed by atoms with Crippen molar-refractivity contribution < 1.29 is 19.1 Å². The fourth-order valence-electron chi connectivity index (χ4n) is 1.43. The van der Waals surface area contributed by atoms with E-state index in [1.54, 1.807) is 0 Å². The van der Waals surface area contributed by atoms with E-state index in [2.05, 4.69) is 15.5 Å². The molecule has 0 atom stereocenters. The van der Waals surface area contributed by atoms with Crippen LogP contribution in [0.3, 0.4) is 0 Å². The van der Waals surface area contributed by atoms with Crippen LogP contribution >= 0.6 is 0 Å². The van der Waals surface area contributed by atoms with E-state index in [1.165, 1.54) is 12.1 Å². The summed E-state index contributed by atoms with van der Waals surface area (Å²) in [6.45, 7) is 0. The monoisotopic (exact) mass is 277 g/mol. The normalized spacial score (nSPS) is 10.1. The number of rotatable bonds is 3. The van der Waals surface area contributed by atoms with Crippen LogP contribution in [0.1, 0.15) is 20.8 Å². The number of halogens is 1. The molecular weight excluding hydrogens is 269 g/mol.